The maximum atomic E-state index is 12.0. The molecule has 2 fully saturated rings. The third-order valence-electron chi connectivity index (χ3n) is 3.58. The maximum Gasteiger partial charge on any atom is 0.410 e. The molecule has 0 spiro atoms. The summed E-state index contributed by atoms with van der Waals surface area (Å²) in [5.74, 6) is 0.192. The van der Waals surface area contributed by atoms with Crippen LogP contribution in [0.2, 0.25) is 0 Å². The number of carbonyl (C=O) groups excluding carboxylic acids is 1. The van der Waals surface area contributed by atoms with Crippen molar-refractivity contribution in [3.05, 3.63) is 0 Å². The van der Waals surface area contributed by atoms with E-state index in [0.717, 1.165) is 12.8 Å². The lowest BCUT2D eigenvalue weighted by atomic mass is 10.2. The van der Waals surface area contributed by atoms with Crippen LogP contribution in [0.4, 0.5) is 4.79 Å². The van der Waals surface area contributed by atoms with Gasteiger partial charge in [0.2, 0.25) is 0 Å². The summed E-state index contributed by atoms with van der Waals surface area (Å²) < 4.78 is 33.7. The predicted octanol–water partition coefficient (Wildman–Crippen LogP) is 0.811. The van der Waals surface area contributed by atoms with Gasteiger partial charge in [0.1, 0.15) is 0 Å². The first-order chi connectivity index (χ1) is 9.02. The van der Waals surface area contributed by atoms with Crippen LogP contribution in [0.5, 0.6) is 0 Å². The summed E-state index contributed by atoms with van der Waals surface area (Å²) in [6.07, 6.45) is 1.97. The summed E-state index contributed by atoms with van der Waals surface area (Å²) in [6, 6.07) is -0.270. The van der Waals surface area contributed by atoms with Crippen LogP contribution in [0.15, 0.2) is 0 Å². The normalized spacial score (nSPS) is 29.3. The summed E-state index contributed by atoms with van der Waals surface area (Å²) in [6.45, 7) is 3.18. The molecule has 0 radical (unpaired) electrons. The van der Waals surface area contributed by atoms with Crippen molar-refractivity contribution in [2.45, 2.75) is 38.3 Å². The van der Waals surface area contributed by atoms with Gasteiger partial charge in [0, 0.05) is 6.61 Å². The van der Waals surface area contributed by atoms with Gasteiger partial charge in [0.25, 0.3) is 0 Å². The molecule has 19 heavy (non-hydrogen) atoms. The molecular formula is C12H21NO5S. The molecule has 2 atom stereocenters. The quantitative estimate of drug-likeness (QED) is 0.766. The molecule has 2 saturated heterocycles. The number of hydrogen-bond acceptors (Lipinski definition) is 5. The van der Waals surface area contributed by atoms with E-state index in [-0.39, 0.29) is 23.7 Å². The fourth-order valence-corrected chi connectivity index (χ4v) is 4.34. The molecule has 2 aliphatic heterocycles. The van der Waals surface area contributed by atoms with Gasteiger partial charge in [0.05, 0.1) is 36.8 Å². The highest BCUT2D eigenvalue weighted by Gasteiger charge is 2.37. The molecule has 2 heterocycles. The first kappa shape index (κ1) is 14.6. The summed E-state index contributed by atoms with van der Waals surface area (Å²) in [5, 5.41) is 0. The Bertz CT molecular complexity index is 416. The number of amides is 1. The summed E-state index contributed by atoms with van der Waals surface area (Å²) in [4.78, 5) is 13.5. The zero-order valence-corrected chi connectivity index (χ0v) is 12.0. The summed E-state index contributed by atoms with van der Waals surface area (Å²) in [5.41, 5.74) is 0. The zero-order valence-electron chi connectivity index (χ0n) is 11.2. The fourth-order valence-electron chi connectivity index (χ4n) is 2.61. The van der Waals surface area contributed by atoms with E-state index in [0.29, 0.717) is 26.2 Å². The first-order valence-corrected chi connectivity index (χ1v) is 8.59. The Morgan fingerprint density at radius 3 is 2.74 bits per heavy atom. The van der Waals surface area contributed by atoms with Crippen molar-refractivity contribution >= 4 is 15.9 Å². The highest BCUT2D eigenvalue weighted by molar-refractivity contribution is 7.91. The molecule has 7 heteroatoms. The molecule has 2 rings (SSSR count). The summed E-state index contributed by atoms with van der Waals surface area (Å²) >= 11 is 0. The standard InChI is InChI=1S/C12H21NO5S/c1-2-17-12(14)13(8-11-4-3-6-18-11)10-5-7-19(15,16)9-10/h10-11H,2-9H2,1H3. The molecule has 0 bridgehead atoms. The molecule has 2 aliphatic rings. The number of nitrogens with zero attached hydrogens (tertiary/aromatic N) is 1. The van der Waals surface area contributed by atoms with Crippen molar-refractivity contribution in [1.82, 2.24) is 4.90 Å². The lowest BCUT2D eigenvalue weighted by molar-refractivity contribution is 0.0463. The smallest absolute Gasteiger partial charge is 0.410 e. The highest BCUT2D eigenvalue weighted by Crippen LogP contribution is 2.22. The van der Waals surface area contributed by atoms with Crippen LogP contribution in [0.3, 0.4) is 0 Å². The van der Waals surface area contributed by atoms with Gasteiger partial charge < -0.3 is 14.4 Å². The second kappa shape index (κ2) is 6.09. The minimum atomic E-state index is -3.01. The Morgan fingerprint density at radius 1 is 1.42 bits per heavy atom. The van der Waals surface area contributed by atoms with Crippen molar-refractivity contribution in [2.75, 3.05) is 31.3 Å². The minimum absolute atomic E-state index is 0.00714. The Hall–Kier alpha value is -0.820. The van der Waals surface area contributed by atoms with Gasteiger partial charge in [-0.05, 0) is 26.2 Å². The number of sulfone groups is 1. The average molecular weight is 291 g/mol. The number of ether oxygens (including phenoxy) is 2. The molecule has 2 unspecified atom stereocenters. The predicted molar refractivity (Wildman–Crippen MR) is 69.8 cm³/mol. The van der Waals surface area contributed by atoms with Crippen LogP contribution in [0.1, 0.15) is 26.2 Å². The van der Waals surface area contributed by atoms with Crippen molar-refractivity contribution in [3.63, 3.8) is 0 Å². The van der Waals surface area contributed by atoms with E-state index in [1.165, 1.54) is 0 Å². The van der Waals surface area contributed by atoms with Crippen LogP contribution >= 0.6 is 0 Å². The third-order valence-corrected chi connectivity index (χ3v) is 5.33. The summed E-state index contributed by atoms with van der Waals surface area (Å²) in [7, 11) is -3.01. The highest BCUT2D eigenvalue weighted by atomic mass is 32.2. The van der Waals surface area contributed by atoms with E-state index in [4.69, 9.17) is 9.47 Å². The third kappa shape index (κ3) is 3.82. The van der Waals surface area contributed by atoms with Crippen molar-refractivity contribution < 1.29 is 22.7 Å². The molecule has 0 aromatic carbocycles. The van der Waals surface area contributed by atoms with Crippen LogP contribution in [-0.4, -0.2) is 62.8 Å². The largest absolute Gasteiger partial charge is 0.450 e. The molecule has 0 aromatic heterocycles. The Balaban J connectivity index is 2.03. The van der Waals surface area contributed by atoms with E-state index in [1.54, 1.807) is 11.8 Å². The minimum Gasteiger partial charge on any atom is -0.450 e. The molecule has 1 amide bonds. The molecule has 6 nitrogen and oxygen atoms in total. The lowest BCUT2D eigenvalue weighted by Gasteiger charge is -2.29. The molecule has 0 N–H and O–H groups in total. The van der Waals surface area contributed by atoms with Gasteiger partial charge in [-0.1, -0.05) is 0 Å². The van der Waals surface area contributed by atoms with Gasteiger partial charge in [-0.15, -0.1) is 0 Å². The van der Waals surface area contributed by atoms with Crippen LogP contribution < -0.4 is 0 Å². The first-order valence-electron chi connectivity index (χ1n) is 6.77. The van der Waals surface area contributed by atoms with Gasteiger partial charge in [-0.2, -0.15) is 0 Å². The fraction of sp³-hybridized carbons (Fsp3) is 0.917. The van der Waals surface area contributed by atoms with E-state index < -0.39 is 15.9 Å². The number of hydrogen-bond donors (Lipinski definition) is 0. The van der Waals surface area contributed by atoms with Crippen LogP contribution in [-0.2, 0) is 19.3 Å². The topological polar surface area (TPSA) is 72.9 Å². The van der Waals surface area contributed by atoms with Gasteiger partial charge in [-0.25, -0.2) is 13.2 Å². The lowest BCUT2D eigenvalue weighted by Crippen LogP contribution is -2.45. The van der Waals surface area contributed by atoms with Crippen molar-refractivity contribution in [3.8, 4) is 0 Å². The number of carbonyl (C=O) groups is 1. The second-order valence-electron chi connectivity index (χ2n) is 5.04. The molecule has 0 aromatic rings. The Kier molecular flexibility index (Phi) is 4.67. The zero-order chi connectivity index (χ0) is 13.9. The monoisotopic (exact) mass is 291 g/mol. The van der Waals surface area contributed by atoms with Crippen LogP contribution in [0, 0.1) is 0 Å². The molecule has 0 aliphatic carbocycles. The average Bonchev–Trinajstić information content (AvgIpc) is 2.95. The van der Waals surface area contributed by atoms with Crippen molar-refractivity contribution in [1.29, 1.82) is 0 Å². The SMILES string of the molecule is CCOC(=O)N(CC1CCCO1)C1CCS(=O)(=O)C1. The van der Waals surface area contributed by atoms with Crippen molar-refractivity contribution in [2.24, 2.45) is 0 Å². The molecule has 110 valence electrons. The Labute approximate surface area is 114 Å². The molecule has 0 saturated carbocycles. The molecular weight excluding hydrogens is 270 g/mol. The van der Waals surface area contributed by atoms with Gasteiger partial charge in [-0.3, -0.25) is 0 Å². The van der Waals surface area contributed by atoms with E-state index in [9.17, 15) is 13.2 Å². The van der Waals surface area contributed by atoms with E-state index in [1.807, 2.05) is 0 Å². The van der Waals surface area contributed by atoms with E-state index >= 15 is 0 Å². The van der Waals surface area contributed by atoms with E-state index in [2.05, 4.69) is 0 Å². The van der Waals surface area contributed by atoms with Crippen LogP contribution in [0.25, 0.3) is 0 Å². The maximum absolute atomic E-state index is 12.0. The van der Waals surface area contributed by atoms with Gasteiger partial charge in [0.15, 0.2) is 9.84 Å². The Morgan fingerprint density at radius 2 is 2.21 bits per heavy atom. The van der Waals surface area contributed by atoms with Gasteiger partial charge >= 0.3 is 6.09 Å². The second-order valence-corrected chi connectivity index (χ2v) is 7.27. The number of rotatable bonds is 4.